The summed E-state index contributed by atoms with van der Waals surface area (Å²) in [6, 6.07) is -1.29. The van der Waals surface area contributed by atoms with E-state index in [9.17, 15) is 13.2 Å². The van der Waals surface area contributed by atoms with Gasteiger partial charge in [0.1, 0.15) is 6.04 Å². The lowest BCUT2D eigenvalue weighted by molar-refractivity contribution is -0.139. The summed E-state index contributed by atoms with van der Waals surface area (Å²) >= 11 is 0. The van der Waals surface area contributed by atoms with E-state index in [1.165, 1.54) is 0 Å². The van der Waals surface area contributed by atoms with Gasteiger partial charge in [0, 0.05) is 0 Å². The van der Waals surface area contributed by atoms with Gasteiger partial charge in [0.15, 0.2) is 5.94 Å². The molecule has 0 radical (unpaired) electrons. The maximum absolute atomic E-state index is 10.0. The van der Waals surface area contributed by atoms with E-state index in [0.717, 1.165) is 0 Å². The Morgan fingerprint density at radius 1 is 1.58 bits per heavy atom. The van der Waals surface area contributed by atoms with Crippen LogP contribution in [-0.4, -0.2) is 42.6 Å². The van der Waals surface area contributed by atoms with Crippen molar-refractivity contribution in [3.8, 4) is 0 Å². The fourth-order valence-electron chi connectivity index (χ4n) is 0.352. The summed E-state index contributed by atoms with van der Waals surface area (Å²) < 4.78 is 32.5. The molecule has 0 aliphatic heterocycles. The Labute approximate surface area is 68.9 Å². The zero-order chi connectivity index (χ0) is 9.78. The molecule has 0 fully saturated rings. The lowest BCUT2D eigenvalue weighted by Crippen LogP contribution is -2.35. The van der Waals surface area contributed by atoms with Crippen molar-refractivity contribution in [3.05, 3.63) is 0 Å². The van der Waals surface area contributed by atoms with Gasteiger partial charge in [0.05, 0.1) is 6.61 Å². The number of aliphatic carboxylic acids is 1. The average molecular weight is 199 g/mol. The number of carboxylic acids is 1. The van der Waals surface area contributed by atoms with Crippen LogP contribution in [0.25, 0.3) is 0 Å². The van der Waals surface area contributed by atoms with Crippen molar-refractivity contribution < 1.29 is 27.6 Å². The van der Waals surface area contributed by atoms with E-state index in [1.54, 1.807) is 0 Å². The molecule has 0 aromatic carbocycles. The molecular formula is C4H9NO6S. The molecule has 4 N–H and O–H groups in total. The number of hydrogen-bond acceptors (Lipinski definition) is 5. The highest BCUT2D eigenvalue weighted by atomic mass is 32.2. The third-order valence-electron chi connectivity index (χ3n) is 0.847. The number of carbonyl (C=O) groups is 1. The molecule has 0 unspecified atom stereocenters. The summed E-state index contributed by atoms with van der Waals surface area (Å²) in [6.45, 7) is -0.463. The first kappa shape index (κ1) is 11.3. The SMILES string of the molecule is N[C@@H](COCS(=O)(=O)O)C(=O)O. The highest BCUT2D eigenvalue weighted by Crippen LogP contribution is 1.87. The molecule has 0 heterocycles. The molecule has 0 saturated heterocycles. The smallest absolute Gasteiger partial charge is 0.322 e. The Morgan fingerprint density at radius 3 is 2.42 bits per heavy atom. The van der Waals surface area contributed by atoms with Gasteiger partial charge in [-0.25, -0.2) is 0 Å². The normalized spacial score (nSPS) is 14.2. The van der Waals surface area contributed by atoms with Gasteiger partial charge in [-0.15, -0.1) is 0 Å². The van der Waals surface area contributed by atoms with Crippen molar-refractivity contribution in [2.24, 2.45) is 5.73 Å². The number of carboxylic acid groups (broad SMARTS) is 1. The third kappa shape index (κ3) is 6.04. The van der Waals surface area contributed by atoms with Crippen LogP contribution < -0.4 is 5.73 Å². The van der Waals surface area contributed by atoms with Crippen LogP contribution in [-0.2, 0) is 19.6 Å². The first-order chi connectivity index (χ1) is 5.33. The summed E-state index contributed by atoms with van der Waals surface area (Å²) in [7, 11) is -4.22. The van der Waals surface area contributed by atoms with Gasteiger partial charge < -0.3 is 15.6 Å². The first-order valence-corrected chi connectivity index (χ1v) is 4.45. The van der Waals surface area contributed by atoms with Crippen molar-refractivity contribution in [2.45, 2.75) is 6.04 Å². The number of nitrogens with two attached hydrogens (primary N) is 1. The standard InChI is InChI=1S/C4H9NO6S/c5-3(4(6)7)1-11-2-12(8,9)10/h3H,1-2,5H2,(H,6,7)(H,8,9,10)/t3-/m0/s1. The van der Waals surface area contributed by atoms with Gasteiger partial charge in [-0.3, -0.25) is 9.35 Å². The van der Waals surface area contributed by atoms with Gasteiger partial charge in [-0.1, -0.05) is 0 Å². The predicted octanol–water partition coefficient (Wildman–Crippen LogP) is -1.74. The quantitative estimate of drug-likeness (QED) is 0.448. The van der Waals surface area contributed by atoms with E-state index < -0.39 is 34.7 Å². The van der Waals surface area contributed by atoms with Crippen LogP contribution in [0.3, 0.4) is 0 Å². The molecule has 8 heteroatoms. The predicted molar refractivity (Wildman–Crippen MR) is 38.0 cm³/mol. The van der Waals surface area contributed by atoms with E-state index in [0.29, 0.717) is 0 Å². The Balaban J connectivity index is 3.65. The van der Waals surface area contributed by atoms with Crippen LogP contribution in [0.1, 0.15) is 0 Å². The second kappa shape index (κ2) is 4.36. The molecular weight excluding hydrogens is 190 g/mol. The molecule has 0 amide bonds. The van der Waals surface area contributed by atoms with E-state index in [4.69, 9.17) is 15.4 Å². The van der Waals surface area contributed by atoms with Gasteiger partial charge in [0.25, 0.3) is 10.1 Å². The number of hydrogen-bond donors (Lipinski definition) is 3. The topological polar surface area (TPSA) is 127 Å². The van der Waals surface area contributed by atoms with Gasteiger partial charge in [0.2, 0.25) is 0 Å². The zero-order valence-corrected chi connectivity index (χ0v) is 6.82. The molecule has 0 aromatic heterocycles. The maximum atomic E-state index is 10.0. The Hall–Kier alpha value is -0.700. The van der Waals surface area contributed by atoms with E-state index in [1.807, 2.05) is 0 Å². The van der Waals surface area contributed by atoms with Gasteiger partial charge in [-0.05, 0) is 0 Å². The minimum Gasteiger partial charge on any atom is -0.480 e. The van der Waals surface area contributed by atoms with Crippen LogP contribution in [0, 0.1) is 0 Å². The fourth-order valence-corrected chi connectivity index (χ4v) is 0.659. The van der Waals surface area contributed by atoms with Gasteiger partial charge in [-0.2, -0.15) is 8.42 Å². The van der Waals surface area contributed by atoms with Crippen LogP contribution in [0.2, 0.25) is 0 Å². The van der Waals surface area contributed by atoms with E-state index in [-0.39, 0.29) is 0 Å². The van der Waals surface area contributed by atoms with Crippen molar-refractivity contribution in [3.63, 3.8) is 0 Å². The van der Waals surface area contributed by atoms with Gasteiger partial charge >= 0.3 is 5.97 Å². The van der Waals surface area contributed by atoms with Crippen LogP contribution >= 0.6 is 0 Å². The Kier molecular flexibility index (Phi) is 4.10. The molecule has 0 aliphatic rings. The van der Waals surface area contributed by atoms with E-state index >= 15 is 0 Å². The molecule has 12 heavy (non-hydrogen) atoms. The number of rotatable bonds is 5. The lowest BCUT2D eigenvalue weighted by atomic mass is 10.3. The summed E-state index contributed by atoms with van der Waals surface area (Å²) in [5, 5.41) is 8.19. The van der Waals surface area contributed by atoms with Crippen molar-refractivity contribution in [1.82, 2.24) is 0 Å². The highest BCUT2D eigenvalue weighted by Gasteiger charge is 2.13. The minimum atomic E-state index is -4.22. The third-order valence-corrected chi connectivity index (χ3v) is 1.31. The molecule has 0 aromatic rings. The second-order valence-corrected chi connectivity index (χ2v) is 3.41. The minimum absolute atomic E-state index is 0.463. The molecule has 0 aliphatic carbocycles. The lowest BCUT2D eigenvalue weighted by Gasteiger charge is -2.05. The van der Waals surface area contributed by atoms with Crippen molar-refractivity contribution in [2.75, 3.05) is 12.5 Å². The monoisotopic (exact) mass is 199 g/mol. The zero-order valence-electron chi connectivity index (χ0n) is 6.00. The van der Waals surface area contributed by atoms with Crippen LogP contribution in [0.5, 0.6) is 0 Å². The first-order valence-electron chi connectivity index (χ1n) is 2.84. The molecule has 0 spiro atoms. The fraction of sp³-hybridized carbons (Fsp3) is 0.750. The summed E-state index contributed by atoms with van der Waals surface area (Å²) in [6.07, 6.45) is 0. The van der Waals surface area contributed by atoms with Crippen LogP contribution in [0.15, 0.2) is 0 Å². The summed E-state index contributed by atoms with van der Waals surface area (Å²) in [4.78, 5) is 10.0. The molecule has 0 bridgehead atoms. The maximum Gasteiger partial charge on any atom is 0.322 e. The molecule has 72 valence electrons. The summed E-state index contributed by atoms with van der Waals surface area (Å²) in [5.41, 5.74) is 4.94. The van der Waals surface area contributed by atoms with Crippen LogP contribution in [0.4, 0.5) is 0 Å². The molecule has 7 nitrogen and oxygen atoms in total. The Morgan fingerprint density at radius 2 is 2.08 bits per heavy atom. The summed E-state index contributed by atoms with van der Waals surface area (Å²) in [5.74, 6) is -2.25. The van der Waals surface area contributed by atoms with Crippen molar-refractivity contribution in [1.29, 1.82) is 0 Å². The van der Waals surface area contributed by atoms with E-state index in [2.05, 4.69) is 4.74 Å². The largest absolute Gasteiger partial charge is 0.480 e. The van der Waals surface area contributed by atoms with Crippen molar-refractivity contribution >= 4 is 16.1 Å². The molecule has 0 saturated carbocycles. The second-order valence-electron chi connectivity index (χ2n) is 2.02. The molecule has 1 atom stereocenters. The number of ether oxygens (including phenoxy) is 1. The average Bonchev–Trinajstić information content (AvgIpc) is 1.84. The highest BCUT2D eigenvalue weighted by molar-refractivity contribution is 7.85. The molecule has 0 rings (SSSR count). The Bertz CT molecular complexity index is 246.